The van der Waals surface area contributed by atoms with E-state index in [1.807, 2.05) is 0 Å². The fraction of sp³-hybridized carbons (Fsp3) is 0.118. The molecule has 0 aliphatic carbocycles. The Morgan fingerprint density at radius 2 is 2.08 bits per heavy atom. The molecule has 124 valence electrons. The van der Waals surface area contributed by atoms with Crippen molar-refractivity contribution in [3.63, 3.8) is 0 Å². The lowest BCUT2D eigenvalue weighted by molar-refractivity contribution is -0.114. The monoisotopic (exact) mass is 348 g/mol. The first-order valence-electron chi connectivity index (χ1n) is 6.86. The number of hydrogen-bond acceptors (Lipinski definition) is 4. The first-order chi connectivity index (χ1) is 11.4. The number of hydrogen-bond donors (Lipinski definition) is 1. The number of carbonyl (C=O) groups excluding carboxylic acids is 2. The van der Waals surface area contributed by atoms with Crippen molar-refractivity contribution in [2.24, 2.45) is 0 Å². The first-order valence-corrected chi connectivity index (χ1v) is 7.24. The van der Waals surface area contributed by atoms with E-state index in [1.54, 1.807) is 0 Å². The van der Waals surface area contributed by atoms with Crippen LogP contribution in [0.2, 0.25) is 5.02 Å². The van der Waals surface area contributed by atoms with Gasteiger partial charge >= 0.3 is 5.97 Å². The van der Waals surface area contributed by atoms with Crippen LogP contribution in [0, 0.1) is 5.82 Å². The lowest BCUT2D eigenvalue weighted by atomic mass is 10.1. The molecule has 0 radical (unpaired) electrons. The predicted molar refractivity (Wildman–Crippen MR) is 90.4 cm³/mol. The number of amides is 1. The highest BCUT2D eigenvalue weighted by molar-refractivity contribution is 6.30. The summed E-state index contributed by atoms with van der Waals surface area (Å²) in [5, 5.41) is 2.81. The minimum atomic E-state index is -0.729. The number of aromatic nitrogens is 1. The van der Waals surface area contributed by atoms with E-state index in [2.05, 4.69) is 16.9 Å². The number of carbonyl (C=O) groups is 2. The van der Waals surface area contributed by atoms with E-state index >= 15 is 0 Å². The number of nitrogens with zero attached hydrogens (tertiary/aromatic N) is 1. The second-order valence-corrected chi connectivity index (χ2v) is 5.25. The maximum Gasteiger partial charge on any atom is 0.357 e. The van der Waals surface area contributed by atoms with E-state index < -0.39 is 11.8 Å². The maximum atomic E-state index is 14.2. The van der Waals surface area contributed by atoms with Crippen molar-refractivity contribution in [1.82, 2.24) is 4.98 Å². The van der Waals surface area contributed by atoms with E-state index in [-0.39, 0.29) is 39.1 Å². The second-order valence-electron chi connectivity index (χ2n) is 4.82. The molecular weight excluding hydrogens is 335 g/mol. The van der Waals surface area contributed by atoms with Crippen LogP contribution >= 0.6 is 11.6 Å². The fourth-order valence-electron chi connectivity index (χ4n) is 2.14. The van der Waals surface area contributed by atoms with Gasteiger partial charge in [-0.15, -0.1) is 0 Å². The molecule has 0 fully saturated rings. The van der Waals surface area contributed by atoms with Gasteiger partial charge in [0.2, 0.25) is 5.91 Å². The summed E-state index contributed by atoms with van der Waals surface area (Å²) in [4.78, 5) is 27.6. The van der Waals surface area contributed by atoms with Gasteiger partial charge in [-0.1, -0.05) is 24.3 Å². The Morgan fingerprint density at radius 3 is 2.62 bits per heavy atom. The van der Waals surface area contributed by atoms with Crippen molar-refractivity contribution in [2.75, 3.05) is 12.4 Å². The zero-order valence-electron chi connectivity index (χ0n) is 13.0. The van der Waals surface area contributed by atoms with Crippen LogP contribution in [0.5, 0.6) is 0 Å². The number of ether oxygens (including phenoxy) is 1. The van der Waals surface area contributed by atoms with Gasteiger partial charge in [0.25, 0.3) is 0 Å². The molecule has 2 aromatic rings. The van der Waals surface area contributed by atoms with Gasteiger partial charge in [0.05, 0.1) is 18.5 Å². The third-order valence-electron chi connectivity index (χ3n) is 3.16. The molecule has 7 heteroatoms. The summed E-state index contributed by atoms with van der Waals surface area (Å²) in [6.45, 7) is 4.93. The molecule has 0 saturated heterocycles. The second kappa shape index (κ2) is 7.23. The largest absolute Gasteiger partial charge is 0.464 e. The summed E-state index contributed by atoms with van der Waals surface area (Å²) in [6.07, 6.45) is 1.37. The number of pyridine rings is 1. The van der Waals surface area contributed by atoms with Crippen molar-refractivity contribution < 1.29 is 18.7 Å². The predicted octanol–water partition coefficient (Wildman–Crippen LogP) is 3.93. The Labute approximate surface area is 143 Å². The lowest BCUT2D eigenvalue weighted by Crippen LogP contribution is -2.13. The summed E-state index contributed by atoms with van der Waals surface area (Å²) in [7, 11) is 1.20. The maximum absolute atomic E-state index is 14.2. The number of rotatable bonds is 4. The van der Waals surface area contributed by atoms with Crippen molar-refractivity contribution >= 4 is 35.2 Å². The summed E-state index contributed by atoms with van der Waals surface area (Å²) in [5.74, 6) is -1.69. The van der Waals surface area contributed by atoms with Gasteiger partial charge < -0.3 is 10.1 Å². The van der Waals surface area contributed by atoms with Crippen molar-refractivity contribution in [3.05, 3.63) is 52.9 Å². The number of benzene rings is 1. The number of anilines is 1. The molecule has 0 atom stereocenters. The molecule has 0 aliphatic rings. The third-order valence-corrected chi connectivity index (χ3v) is 3.39. The Hall–Kier alpha value is -2.73. The Morgan fingerprint density at radius 1 is 1.38 bits per heavy atom. The minimum absolute atomic E-state index is 0.0805. The van der Waals surface area contributed by atoms with Gasteiger partial charge in [-0.3, -0.25) is 4.79 Å². The average molecular weight is 349 g/mol. The number of halogens is 2. The summed E-state index contributed by atoms with van der Waals surface area (Å²) >= 11 is 5.75. The lowest BCUT2D eigenvalue weighted by Gasteiger charge is -2.13. The molecule has 1 heterocycles. The van der Waals surface area contributed by atoms with E-state index in [0.717, 1.165) is 6.07 Å². The molecule has 0 saturated carbocycles. The van der Waals surface area contributed by atoms with Gasteiger partial charge in [-0.2, -0.15) is 0 Å². The van der Waals surface area contributed by atoms with Gasteiger partial charge in [0.15, 0.2) is 5.69 Å². The van der Waals surface area contributed by atoms with Gasteiger partial charge in [-0.25, -0.2) is 14.2 Å². The van der Waals surface area contributed by atoms with E-state index in [0.29, 0.717) is 0 Å². The number of methoxy groups -OCH3 is 1. The molecule has 1 aromatic carbocycles. The molecule has 0 bridgehead atoms. The third kappa shape index (κ3) is 3.60. The molecule has 1 amide bonds. The fourth-order valence-corrected chi connectivity index (χ4v) is 2.30. The average Bonchev–Trinajstić information content (AvgIpc) is 2.52. The van der Waals surface area contributed by atoms with Crippen LogP contribution in [-0.4, -0.2) is 24.0 Å². The van der Waals surface area contributed by atoms with Crippen LogP contribution in [-0.2, 0) is 9.53 Å². The first kappa shape index (κ1) is 17.6. The van der Waals surface area contributed by atoms with Gasteiger partial charge in [-0.05, 0) is 24.3 Å². The Balaban J connectivity index is 2.74. The number of nitrogens with one attached hydrogen (secondary N) is 1. The zero-order chi connectivity index (χ0) is 17.9. The number of esters is 1. The smallest absolute Gasteiger partial charge is 0.357 e. The molecular formula is C17H14ClFN2O3. The van der Waals surface area contributed by atoms with Crippen LogP contribution in [0.25, 0.3) is 17.3 Å². The van der Waals surface area contributed by atoms with Crippen LogP contribution < -0.4 is 5.32 Å². The van der Waals surface area contributed by atoms with Crippen LogP contribution in [0.1, 0.15) is 23.0 Å². The highest BCUT2D eigenvalue weighted by Crippen LogP contribution is 2.30. The standard InChI is InChI=1S/C17H14ClFN2O3/c1-4-11-14(20-9(2)22)8-15(21-16(11)17(23)24-3)12-6-5-10(18)7-13(12)19/h4-8H,1H2,2-3H3,(H,20,21,22). The zero-order valence-corrected chi connectivity index (χ0v) is 13.8. The molecule has 0 unspecified atom stereocenters. The molecule has 1 aromatic heterocycles. The Bertz CT molecular complexity index is 837. The highest BCUT2D eigenvalue weighted by atomic mass is 35.5. The van der Waals surface area contributed by atoms with Gasteiger partial charge in [0.1, 0.15) is 5.82 Å². The van der Waals surface area contributed by atoms with Crippen LogP contribution in [0.4, 0.5) is 10.1 Å². The molecule has 5 nitrogen and oxygen atoms in total. The summed E-state index contributed by atoms with van der Waals surface area (Å²) in [5.41, 5.74) is 0.765. The highest BCUT2D eigenvalue weighted by Gasteiger charge is 2.20. The molecule has 24 heavy (non-hydrogen) atoms. The Kier molecular flexibility index (Phi) is 5.31. The molecule has 1 N–H and O–H groups in total. The van der Waals surface area contributed by atoms with Crippen molar-refractivity contribution in [2.45, 2.75) is 6.92 Å². The molecule has 2 rings (SSSR count). The topological polar surface area (TPSA) is 68.3 Å². The quantitative estimate of drug-likeness (QED) is 0.850. The van der Waals surface area contributed by atoms with Crippen LogP contribution in [0.15, 0.2) is 30.8 Å². The SMILES string of the molecule is C=Cc1c(NC(C)=O)cc(-c2ccc(Cl)cc2F)nc1C(=O)OC. The van der Waals surface area contributed by atoms with E-state index in [1.165, 1.54) is 38.3 Å². The van der Waals surface area contributed by atoms with E-state index in [4.69, 9.17) is 16.3 Å². The van der Waals surface area contributed by atoms with Crippen molar-refractivity contribution in [3.8, 4) is 11.3 Å². The molecule has 0 spiro atoms. The van der Waals surface area contributed by atoms with Gasteiger partial charge in [0, 0.05) is 23.1 Å². The van der Waals surface area contributed by atoms with Crippen LogP contribution in [0.3, 0.4) is 0 Å². The normalized spacial score (nSPS) is 10.2. The van der Waals surface area contributed by atoms with E-state index in [9.17, 15) is 14.0 Å². The van der Waals surface area contributed by atoms with Crippen molar-refractivity contribution in [1.29, 1.82) is 0 Å². The molecule has 0 aliphatic heterocycles. The summed E-state index contributed by atoms with van der Waals surface area (Å²) in [6, 6.07) is 5.53. The summed E-state index contributed by atoms with van der Waals surface area (Å²) < 4.78 is 18.9. The minimum Gasteiger partial charge on any atom is -0.464 e.